The molecule has 0 radical (unpaired) electrons. The van der Waals surface area contributed by atoms with Crippen molar-refractivity contribution in [1.29, 1.82) is 0 Å². The van der Waals surface area contributed by atoms with Gasteiger partial charge in [-0.15, -0.1) is 0 Å². The van der Waals surface area contributed by atoms with E-state index in [9.17, 15) is 33.5 Å². The van der Waals surface area contributed by atoms with Crippen LogP contribution in [-0.4, -0.2) is 53.2 Å². The molecule has 1 aliphatic rings. The summed E-state index contributed by atoms with van der Waals surface area (Å²) in [5, 5.41) is 33.5. The molecule has 2 heterocycles. The molecule has 266 valence electrons. The number of nitro benzene ring substituents is 1. The maximum Gasteiger partial charge on any atom is 0.310 e. The number of nitrogens with zero attached hydrogens (tertiary/aromatic N) is 2. The third-order valence-corrected chi connectivity index (χ3v) is 12.2. The number of anilines is 1. The Hall–Kier alpha value is -4.85. The molecule has 51 heavy (non-hydrogen) atoms. The lowest BCUT2D eigenvalue weighted by Gasteiger charge is -2.32. The SMILES string of the molecule is Cc1cccc(C)c1-c1ccc(OCC2(O)CCSCC2)c(CN(c2ccc3c(C(C)C(=O)O)coc3c2)S(=O)(=O)c2ccccc2[N+](=O)[O-])c1. The van der Waals surface area contributed by atoms with Crippen LogP contribution in [0, 0.1) is 24.0 Å². The van der Waals surface area contributed by atoms with E-state index >= 15 is 0 Å². The van der Waals surface area contributed by atoms with Crippen molar-refractivity contribution in [2.24, 2.45) is 0 Å². The van der Waals surface area contributed by atoms with E-state index in [1.54, 1.807) is 23.9 Å². The predicted molar refractivity (Wildman–Crippen MR) is 197 cm³/mol. The fourth-order valence-electron chi connectivity index (χ4n) is 6.45. The molecule has 6 rings (SSSR count). The van der Waals surface area contributed by atoms with Gasteiger partial charge in [-0.3, -0.25) is 19.2 Å². The second-order valence-corrected chi connectivity index (χ2v) is 15.9. The number of hydrogen-bond acceptors (Lipinski definition) is 9. The van der Waals surface area contributed by atoms with E-state index in [4.69, 9.17) is 9.15 Å². The Kier molecular flexibility index (Phi) is 10.2. The summed E-state index contributed by atoms with van der Waals surface area (Å²) in [6.45, 7) is 5.21. The number of aliphatic hydroxyl groups is 1. The molecule has 0 amide bonds. The smallest absolute Gasteiger partial charge is 0.310 e. The van der Waals surface area contributed by atoms with Crippen LogP contribution in [-0.2, 0) is 21.4 Å². The maximum absolute atomic E-state index is 14.7. The molecule has 0 bridgehead atoms. The molecule has 1 saturated heterocycles. The van der Waals surface area contributed by atoms with Crippen molar-refractivity contribution in [2.45, 2.75) is 56.6 Å². The van der Waals surface area contributed by atoms with Gasteiger partial charge in [0, 0.05) is 28.6 Å². The Labute approximate surface area is 300 Å². The summed E-state index contributed by atoms with van der Waals surface area (Å²) in [6.07, 6.45) is 2.44. The van der Waals surface area contributed by atoms with Crippen LogP contribution in [0.3, 0.4) is 0 Å². The molecular weight excluding hydrogens is 693 g/mol. The summed E-state index contributed by atoms with van der Waals surface area (Å²) in [7, 11) is -4.63. The van der Waals surface area contributed by atoms with Gasteiger partial charge < -0.3 is 19.4 Å². The Bertz CT molecular complexity index is 2210. The number of aliphatic carboxylic acids is 1. The molecule has 1 aromatic heterocycles. The lowest BCUT2D eigenvalue weighted by molar-refractivity contribution is -0.387. The number of sulfonamides is 1. The van der Waals surface area contributed by atoms with Crippen LogP contribution in [0.4, 0.5) is 11.4 Å². The predicted octanol–water partition coefficient (Wildman–Crippen LogP) is 7.85. The molecule has 4 aromatic carbocycles. The standard InChI is InChI=1S/C38H38N2O9S2/c1-24-7-6-8-25(2)36(24)27-11-14-33(49-23-38(43)15-17-50-18-16-38)28(19-27)21-39(51(46,47)35-10-5-4-9-32(35)40(44)45)29-12-13-30-31(26(3)37(41)42)22-48-34(30)20-29/h4-14,19-20,22,26,43H,15-18,21,23H2,1-3H3,(H,41,42). The Balaban J connectivity index is 1.52. The Morgan fingerprint density at radius 2 is 1.75 bits per heavy atom. The van der Waals surface area contributed by atoms with Gasteiger partial charge in [0.15, 0.2) is 4.90 Å². The highest BCUT2D eigenvalue weighted by molar-refractivity contribution is 7.99. The Morgan fingerprint density at radius 3 is 2.43 bits per heavy atom. The number of ether oxygens (including phenoxy) is 1. The lowest BCUT2D eigenvalue weighted by Crippen LogP contribution is -2.39. The number of thioether (sulfide) groups is 1. The second-order valence-electron chi connectivity index (χ2n) is 12.9. The zero-order valence-electron chi connectivity index (χ0n) is 28.4. The second kappa shape index (κ2) is 14.4. The number of carboxylic acids is 1. The van der Waals surface area contributed by atoms with E-state index in [2.05, 4.69) is 0 Å². The first-order chi connectivity index (χ1) is 24.3. The van der Waals surface area contributed by atoms with Crippen LogP contribution in [0.2, 0.25) is 0 Å². The van der Waals surface area contributed by atoms with E-state index in [1.807, 2.05) is 44.2 Å². The van der Waals surface area contributed by atoms with Crippen molar-refractivity contribution < 1.29 is 37.5 Å². The molecule has 1 atom stereocenters. The van der Waals surface area contributed by atoms with Gasteiger partial charge in [0.25, 0.3) is 15.7 Å². The highest BCUT2D eigenvalue weighted by Gasteiger charge is 2.34. The summed E-state index contributed by atoms with van der Waals surface area (Å²) in [5.41, 5.74) is 3.46. The monoisotopic (exact) mass is 730 g/mol. The number of para-hydroxylation sites is 1. The number of carbonyl (C=O) groups is 1. The number of hydrogen-bond donors (Lipinski definition) is 2. The lowest BCUT2D eigenvalue weighted by atomic mass is 9.94. The topological polar surface area (TPSA) is 160 Å². The van der Waals surface area contributed by atoms with Crippen LogP contribution in [0.1, 0.15) is 47.9 Å². The fourth-order valence-corrected chi connectivity index (χ4v) is 9.30. The number of benzene rings is 4. The molecule has 1 aliphatic heterocycles. The molecule has 0 spiro atoms. The first-order valence-corrected chi connectivity index (χ1v) is 19.0. The van der Waals surface area contributed by atoms with Gasteiger partial charge in [0.1, 0.15) is 23.5 Å². The van der Waals surface area contributed by atoms with Crippen molar-refractivity contribution in [1.82, 2.24) is 0 Å². The Morgan fingerprint density at radius 1 is 1.04 bits per heavy atom. The number of rotatable bonds is 12. The average Bonchev–Trinajstić information content (AvgIpc) is 3.53. The summed E-state index contributed by atoms with van der Waals surface area (Å²) in [5.74, 6) is 0.0186. The number of nitro groups is 1. The summed E-state index contributed by atoms with van der Waals surface area (Å²) < 4.78 is 42.4. The summed E-state index contributed by atoms with van der Waals surface area (Å²) >= 11 is 1.77. The average molecular weight is 731 g/mol. The van der Waals surface area contributed by atoms with Gasteiger partial charge in [-0.05, 0) is 97.7 Å². The number of furan rings is 1. The number of fused-ring (bicyclic) bond motifs is 1. The first kappa shape index (κ1) is 36.0. The van der Waals surface area contributed by atoms with Gasteiger partial charge in [-0.25, -0.2) is 8.42 Å². The van der Waals surface area contributed by atoms with E-state index < -0.39 is 43.0 Å². The maximum atomic E-state index is 14.7. The zero-order chi connectivity index (χ0) is 36.5. The molecule has 2 N–H and O–H groups in total. The molecule has 0 saturated carbocycles. The van der Waals surface area contributed by atoms with Crippen molar-refractivity contribution >= 4 is 50.1 Å². The largest absolute Gasteiger partial charge is 0.490 e. The van der Waals surface area contributed by atoms with Gasteiger partial charge in [-0.2, -0.15) is 11.8 Å². The van der Waals surface area contributed by atoms with E-state index in [0.717, 1.165) is 44.1 Å². The van der Waals surface area contributed by atoms with Crippen LogP contribution in [0.5, 0.6) is 5.75 Å². The minimum atomic E-state index is -4.63. The minimum Gasteiger partial charge on any atom is -0.490 e. The first-order valence-electron chi connectivity index (χ1n) is 16.4. The van der Waals surface area contributed by atoms with E-state index in [-0.39, 0.29) is 24.4 Å². The third-order valence-electron chi connectivity index (χ3n) is 9.41. The van der Waals surface area contributed by atoms with Crippen LogP contribution >= 0.6 is 11.8 Å². The van der Waals surface area contributed by atoms with Gasteiger partial charge in [-0.1, -0.05) is 36.4 Å². The van der Waals surface area contributed by atoms with Gasteiger partial charge in [0.2, 0.25) is 0 Å². The highest BCUT2D eigenvalue weighted by atomic mass is 32.2. The molecule has 1 fully saturated rings. The third kappa shape index (κ3) is 7.32. The highest BCUT2D eigenvalue weighted by Crippen LogP contribution is 2.39. The van der Waals surface area contributed by atoms with Crippen molar-refractivity contribution in [3.05, 3.63) is 117 Å². The zero-order valence-corrected chi connectivity index (χ0v) is 30.0. The quantitative estimate of drug-likeness (QED) is 0.0956. The number of carboxylic acid groups (broad SMARTS) is 1. The molecule has 0 aliphatic carbocycles. The normalized spacial score (nSPS) is 15.0. The number of aryl methyl sites for hydroxylation is 2. The van der Waals surface area contributed by atoms with Crippen molar-refractivity contribution in [3.8, 4) is 16.9 Å². The molecule has 13 heteroatoms. The van der Waals surface area contributed by atoms with E-state index in [0.29, 0.717) is 35.1 Å². The molecule has 5 aromatic rings. The van der Waals surface area contributed by atoms with Crippen LogP contribution < -0.4 is 9.04 Å². The minimum absolute atomic E-state index is 0.00307. The van der Waals surface area contributed by atoms with Gasteiger partial charge >= 0.3 is 5.97 Å². The molecule has 1 unspecified atom stereocenters. The van der Waals surface area contributed by atoms with Crippen molar-refractivity contribution in [3.63, 3.8) is 0 Å². The molecular formula is C38H38N2O9S2. The fraction of sp³-hybridized carbons (Fsp3) is 0.289. The van der Waals surface area contributed by atoms with Crippen LogP contribution in [0.25, 0.3) is 22.1 Å². The summed E-state index contributed by atoms with van der Waals surface area (Å²) in [6, 6.07) is 21.2. The van der Waals surface area contributed by atoms with E-state index in [1.165, 1.54) is 43.5 Å². The van der Waals surface area contributed by atoms with Gasteiger partial charge in [0.05, 0.1) is 29.3 Å². The van der Waals surface area contributed by atoms with Crippen LogP contribution in [0.15, 0.2) is 94.4 Å². The van der Waals surface area contributed by atoms with Crippen molar-refractivity contribution in [2.75, 3.05) is 22.4 Å². The molecule has 11 nitrogen and oxygen atoms in total. The summed E-state index contributed by atoms with van der Waals surface area (Å²) in [4.78, 5) is 22.6.